The first-order valence-electron chi connectivity index (χ1n) is 4.07. The highest BCUT2D eigenvalue weighted by atomic mass is 16.3. The van der Waals surface area contributed by atoms with E-state index in [-0.39, 0.29) is 0 Å². The van der Waals surface area contributed by atoms with Crippen LogP contribution in [0.3, 0.4) is 0 Å². The van der Waals surface area contributed by atoms with Crippen LogP contribution in [0.25, 0.3) is 6.08 Å². The lowest BCUT2D eigenvalue weighted by molar-refractivity contribution is 0.558. The van der Waals surface area contributed by atoms with E-state index >= 15 is 0 Å². The van der Waals surface area contributed by atoms with E-state index < -0.39 is 0 Å². The van der Waals surface area contributed by atoms with Gasteiger partial charge < -0.3 is 4.42 Å². The Bertz CT molecular complexity index is 248. The van der Waals surface area contributed by atoms with Crippen LogP contribution in [0, 0.1) is 0 Å². The highest BCUT2D eigenvalue weighted by Crippen LogP contribution is 2.20. The van der Waals surface area contributed by atoms with E-state index in [9.17, 15) is 0 Å². The zero-order chi connectivity index (χ0) is 9.40. The van der Waals surface area contributed by atoms with E-state index in [1.165, 1.54) is 0 Å². The number of rotatable bonds is 2. The molecule has 0 saturated heterocycles. The van der Waals surface area contributed by atoms with Gasteiger partial charge in [-0.25, -0.2) is 0 Å². The Balaban J connectivity index is 0.000000561. The van der Waals surface area contributed by atoms with E-state index in [0.29, 0.717) is 0 Å². The van der Waals surface area contributed by atoms with Crippen LogP contribution in [0.1, 0.15) is 26.5 Å². The van der Waals surface area contributed by atoms with Crippen LogP contribution in [0.15, 0.2) is 28.3 Å². The molecule has 0 aromatic carbocycles. The van der Waals surface area contributed by atoms with Crippen LogP contribution in [0.5, 0.6) is 0 Å². The smallest absolute Gasteiger partial charge is 0.151 e. The van der Waals surface area contributed by atoms with E-state index in [1.54, 1.807) is 24.6 Å². The van der Waals surface area contributed by atoms with Crippen LogP contribution >= 0.6 is 0 Å². The van der Waals surface area contributed by atoms with Gasteiger partial charge in [0.2, 0.25) is 0 Å². The summed E-state index contributed by atoms with van der Waals surface area (Å²) in [7, 11) is 0. The Morgan fingerprint density at radius 2 is 2.17 bits per heavy atom. The van der Waals surface area contributed by atoms with Crippen molar-refractivity contribution in [3.63, 3.8) is 0 Å². The van der Waals surface area contributed by atoms with Crippen molar-refractivity contribution in [3.8, 4) is 0 Å². The van der Waals surface area contributed by atoms with Gasteiger partial charge in [0.1, 0.15) is 5.69 Å². The fourth-order valence-corrected chi connectivity index (χ4v) is 0.713. The summed E-state index contributed by atoms with van der Waals surface area (Å²) in [4.78, 5) is 4.05. The molecule has 2 heteroatoms. The van der Waals surface area contributed by atoms with Gasteiger partial charge in [-0.2, -0.15) is 0 Å². The summed E-state index contributed by atoms with van der Waals surface area (Å²) in [5, 5.41) is 0. The summed E-state index contributed by atoms with van der Waals surface area (Å²) in [5.74, 6) is 0.720. The molecule has 12 heavy (non-hydrogen) atoms. The van der Waals surface area contributed by atoms with Gasteiger partial charge in [0, 0.05) is 12.3 Å². The lowest BCUT2D eigenvalue weighted by Gasteiger charge is -1.85. The first kappa shape index (κ1) is 10.7. The van der Waals surface area contributed by atoms with Crippen molar-refractivity contribution in [2.24, 2.45) is 4.99 Å². The van der Waals surface area contributed by atoms with Gasteiger partial charge in [0.15, 0.2) is 5.76 Å². The maximum absolute atomic E-state index is 5.03. The molecule has 1 aromatic rings. The zero-order valence-electron chi connectivity index (χ0n) is 7.87. The Morgan fingerprint density at radius 3 is 2.67 bits per heavy atom. The van der Waals surface area contributed by atoms with Crippen LogP contribution in [-0.4, -0.2) is 6.21 Å². The molecule has 0 aliphatic rings. The van der Waals surface area contributed by atoms with Crippen molar-refractivity contribution in [1.29, 1.82) is 0 Å². The van der Waals surface area contributed by atoms with Crippen LogP contribution in [-0.2, 0) is 0 Å². The molecule has 0 spiro atoms. The van der Waals surface area contributed by atoms with E-state index in [2.05, 4.69) is 11.6 Å². The molecule has 0 N–H and O–H groups in total. The molecule has 1 rings (SSSR count). The van der Waals surface area contributed by atoms with Gasteiger partial charge in [-0.1, -0.05) is 20.4 Å². The summed E-state index contributed by atoms with van der Waals surface area (Å²) in [6, 6.07) is 1.80. The lowest BCUT2D eigenvalue weighted by atomic mass is 10.4. The van der Waals surface area contributed by atoms with Gasteiger partial charge in [0.25, 0.3) is 0 Å². The van der Waals surface area contributed by atoms with Crippen molar-refractivity contribution in [3.05, 3.63) is 24.7 Å². The zero-order valence-corrected chi connectivity index (χ0v) is 7.87. The fraction of sp³-hybridized carbons (Fsp3) is 0.300. The summed E-state index contributed by atoms with van der Waals surface area (Å²) >= 11 is 0. The largest absolute Gasteiger partial charge is 0.463 e. The average molecular weight is 165 g/mol. The molecule has 0 aliphatic heterocycles. The molecule has 0 fully saturated rings. The lowest BCUT2D eigenvalue weighted by Crippen LogP contribution is -1.63. The van der Waals surface area contributed by atoms with Crippen LogP contribution in [0.2, 0.25) is 0 Å². The van der Waals surface area contributed by atoms with Crippen molar-refractivity contribution >= 4 is 18.0 Å². The molecule has 0 bridgehead atoms. The topological polar surface area (TPSA) is 25.5 Å². The van der Waals surface area contributed by atoms with E-state index in [4.69, 9.17) is 4.42 Å². The van der Waals surface area contributed by atoms with Gasteiger partial charge in [-0.05, 0) is 13.0 Å². The summed E-state index contributed by atoms with van der Waals surface area (Å²) in [5.41, 5.74) is 0.831. The first-order chi connectivity index (χ1) is 5.88. The molecule has 66 valence electrons. The van der Waals surface area contributed by atoms with Crippen molar-refractivity contribution in [2.45, 2.75) is 20.8 Å². The quantitative estimate of drug-likeness (QED) is 0.614. The fourth-order valence-electron chi connectivity index (χ4n) is 0.713. The maximum Gasteiger partial charge on any atom is 0.151 e. The van der Waals surface area contributed by atoms with Gasteiger partial charge in [-0.3, -0.25) is 4.99 Å². The van der Waals surface area contributed by atoms with Crippen LogP contribution < -0.4 is 0 Å². The van der Waals surface area contributed by atoms with E-state index in [1.807, 2.05) is 20.8 Å². The van der Waals surface area contributed by atoms with Crippen molar-refractivity contribution in [2.75, 3.05) is 0 Å². The first-order valence-corrected chi connectivity index (χ1v) is 4.07. The van der Waals surface area contributed by atoms with Crippen LogP contribution in [0.4, 0.5) is 5.69 Å². The second-order valence-electron chi connectivity index (χ2n) is 1.76. The molecular weight excluding hydrogens is 150 g/mol. The van der Waals surface area contributed by atoms with Gasteiger partial charge in [-0.15, -0.1) is 0 Å². The molecule has 1 aromatic heterocycles. The summed E-state index contributed by atoms with van der Waals surface area (Å²) in [6.45, 7) is 9.44. The third-order valence-electron chi connectivity index (χ3n) is 1.13. The third kappa shape index (κ3) is 2.74. The second kappa shape index (κ2) is 6.40. The molecule has 0 radical (unpaired) electrons. The molecule has 0 aliphatic carbocycles. The standard InChI is InChI=1S/C8H9NO.C2H6/c1-3-8-7(9-4-2)5-6-10-8;1-2/h3-6H,1H2,2H3;1-2H3. The van der Waals surface area contributed by atoms with Gasteiger partial charge in [0.05, 0.1) is 6.26 Å². The molecule has 1 heterocycles. The molecular formula is C10H15NO. The Morgan fingerprint density at radius 1 is 1.50 bits per heavy atom. The number of hydrogen-bond acceptors (Lipinski definition) is 2. The summed E-state index contributed by atoms with van der Waals surface area (Å²) < 4.78 is 5.03. The average Bonchev–Trinajstić information content (AvgIpc) is 2.56. The monoisotopic (exact) mass is 165 g/mol. The molecule has 0 atom stereocenters. The minimum atomic E-state index is 0.720. The number of hydrogen-bond donors (Lipinski definition) is 0. The number of furan rings is 1. The normalized spacial score (nSPS) is 9.25. The highest BCUT2D eigenvalue weighted by molar-refractivity contribution is 5.65. The molecule has 0 saturated carbocycles. The second-order valence-corrected chi connectivity index (χ2v) is 1.76. The minimum absolute atomic E-state index is 0.720. The molecule has 0 amide bonds. The Kier molecular flexibility index (Phi) is 5.70. The predicted molar refractivity (Wildman–Crippen MR) is 54.0 cm³/mol. The van der Waals surface area contributed by atoms with Crippen molar-refractivity contribution < 1.29 is 4.42 Å². The Hall–Kier alpha value is -1.31. The van der Waals surface area contributed by atoms with E-state index in [0.717, 1.165) is 11.4 Å². The minimum Gasteiger partial charge on any atom is -0.463 e. The Labute approximate surface area is 73.6 Å². The maximum atomic E-state index is 5.03. The molecule has 2 nitrogen and oxygen atoms in total. The summed E-state index contributed by atoms with van der Waals surface area (Å²) in [6.07, 6.45) is 4.96. The third-order valence-corrected chi connectivity index (χ3v) is 1.13. The SMILES string of the molecule is C=Cc1occc1N=CC.CC. The highest BCUT2D eigenvalue weighted by Gasteiger charge is 1.96. The van der Waals surface area contributed by atoms with Gasteiger partial charge >= 0.3 is 0 Å². The predicted octanol–water partition coefficient (Wildman–Crippen LogP) is 3.67. The van der Waals surface area contributed by atoms with Crippen molar-refractivity contribution in [1.82, 2.24) is 0 Å². The molecule has 0 unspecified atom stereocenters. The number of aliphatic imine (C=N–C) groups is 1. The number of nitrogens with zero attached hydrogens (tertiary/aromatic N) is 1.